The molecule has 0 spiro atoms. The molecule has 2 N–H and O–H groups in total. The molecule has 18 heavy (non-hydrogen) atoms. The van der Waals surface area contributed by atoms with Gasteiger partial charge in [-0.3, -0.25) is 4.98 Å². The van der Waals surface area contributed by atoms with E-state index in [2.05, 4.69) is 4.98 Å². The van der Waals surface area contributed by atoms with Crippen LogP contribution in [-0.2, 0) is 6.42 Å². The number of aromatic nitrogens is 1. The van der Waals surface area contributed by atoms with Crippen LogP contribution in [0.15, 0.2) is 36.5 Å². The molecule has 0 bridgehead atoms. The maximum absolute atomic E-state index is 13.8. The molecule has 1 atom stereocenters. The Bertz CT molecular complexity index is 586. The van der Waals surface area contributed by atoms with Gasteiger partial charge in [-0.2, -0.15) is 0 Å². The molecule has 1 aromatic carbocycles. The Hall–Kier alpha value is -1.94. The Morgan fingerprint density at radius 3 is 2.94 bits per heavy atom. The van der Waals surface area contributed by atoms with Gasteiger partial charge in [-0.05, 0) is 30.7 Å². The van der Waals surface area contributed by atoms with E-state index in [1.807, 2.05) is 6.07 Å². The van der Waals surface area contributed by atoms with E-state index in [0.29, 0.717) is 30.0 Å². The van der Waals surface area contributed by atoms with Gasteiger partial charge in [0.05, 0.1) is 5.69 Å². The molecule has 2 heterocycles. The Labute approximate surface area is 104 Å². The van der Waals surface area contributed by atoms with Gasteiger partial charge in [0.1, 0.15) is 17.3 Å². The minimum atomic E-state index is -0.251. The monoisotopic (exact) mass is 244 g/mol. The minimum absolute atomic E-state index is 0.0145. The molecular formula is C14H13FN2O. The number of benzene rings is 1. The quantitative estimate of drug-likeness (QED) is 0.838. The van der Waals surface area contributed by atoms with Crippen molar-refractivity contribution < 1.29 is 9.13 Å². The standard InChI is InChI=1S/C14H13FN2O/c15-11-3-1-4-12-10(11)7-9(8-16)14-13(18-12)5-2-6-17-14/h1-6,9H,7-8,16H2/t9-/m1/s1. The first-order valence-corrected chi connectivity index (χ1v) is 5.90. The lowest BCUT2D eigenvalue weighted by Crippen LogP contribution is -2.16. The SMILES string of the molecule is NC[C@H]1Cc2c(F)cccc2Oc2cccnc21. The van der Waals surface area contributed by atoms with Gasteiger partial charge < -0.3 is 10.5 Å². The molecule has 0 aliphatic carbocycles. The van der Waals surface area contributed by atoms with Crippen molar-refractivity contribution in [2.75, 3.05) is 6.54 Å². The normalized spacial score (nSPS) is 17.3. The molecule has 0 unspecified atom stereocenters. The number of hydrogen-bond acceptors (Lipinski definition) is 3. The second kappa shape index (κ2) is 4.38. The van der Waals surface area contributed by atoms with Crippen LogP contribution in [0.3, 0.4) is 0 Å². The van der Waals surface area contributed by atoms with Crippen molar-refractivity contribution in [3.63, 3.8) is 0 Å². The minimum Gasteiger partial charge on any atom is -0.455 e. The lowest BCUT2D eigenvalue weighted by atomic mass is 9.95. The van der Waals surface area contributed by atoms with E-state index in [9.17, 15) is 4.39 Å². The number of ether oxygens (including phenoxy) is 1. The third kappa shape index (κ3) is 1.75. The van der Waals surface area contributed by atoms with Gasteiger partial charge in [0.25, 0.3) is 0 Å². The predicted octanol–water partition coefficient (Wildman–Crippen LogP) is 2.61. The number of nitrogens with zero attached hydrogens (tertiary/aromatic N) is 1. The predicted molar refractivity (Wildman–Crippen MR) is 66.2 cm³/mol. The maximum atomic E-state index is 13.8. The molecule has 3 rings (SSSR count). The van der Waals surface area contributed by atoms with Crippen LogP contribution in [-0.4, -0.2) is 11.5 Å². The van der Waals surface area contributed by atoms with Crippen molar-refractivity contribution in [1.29, 1.82) is 0 Å². The zero-order valence-corrected chi connectivity index (χ0v) is 9.77. The van der Waals surface area contributed by atoms with Crippen LogP contribution in [0.1, 0.15) is 17.2 Å². The first-order chi connectivity index (χ1) is 8.79. The third-order valence-electron chi connectivity index (χ3n) is 3.22. The molecule has 0 saturated heterocycles. The Morgan fingerprint density at radius 1 is 1.28 bits per heavy atom. The molecule has 4 heteroatoms. The van der Waals surface area contributed by atoms with Crippen molar-refractivity contribution in [1.82, 2.24) is 4.98 Å². The Balaban J connectivity index is 2.16. The summed E-state index contributed by atoms with van der Waals surface area (Å²) in [7, 11) is 0. The van der Waals surface area contributed by atoms with E-state index in [-0.39, 0.29) is 11.7 Å². The molecule has 0 fully saturated rings. The molecule has 1 aromatic heterocycles. The maximum Gasteiger partial charge on any atom is 0.149 e. The zero-order chi connectivity index (χ0) is 12.5. The number of nitrogens with two attached hydrogens (primary N) is 1. The fourth-order valence-corrected chi connectivity index (χ4v) is 2.28. The smallest absolute Gasteiger partial charge is 0.149 e. The van der Waals surface area contributed by atoms with Crippen LogP contribution in [0.4, 0.5) is 4.39 Å². The topological polar surface area (TPSA) is 48.1 Å². The lowest BCUT2D eigenvalue weighted by molar-refractivity contribution is 0.469. The molecule has 1 aliphatic rings. The highest BCUT2D eigenvalue weighted by Gasteiger charge is 2.25. The van der Waals surface area contributed by atoms with Crippen LogP contribution in [0.2, 0.25) is 0 Å². The van der Waals surface area contributed by atoms with Crippen molar-refractivity contribution in [2.24, 2.45) is 5.73 Å². The zero-order valence-electron chi connectivity index (χ0n) is 9.77. The van der Waals surface area contributed by atoms with E-state index in [4.69, 9.17) is 10.5 Å². The Morgan fingerprint density at radius 2 is 2.11 bits per heavy atom. The van der Waals surface area contributed by atoms with E-state index >= 15 is 0 Å². The number of halogens is 1. The van der Waals surface area contributed by atoms with Crippen LogP contribution in [0.5, 0.6) is 11.5 Å². The molecule has 92 valence electrons. The second-order valence-electron chi connectivity index (χ2n) is 4.34. The molecule has 3 nitrogen and oxygen atoms in total. The summed E-state index contributed by atoms with van der Waals surface area (Å²) in [5.41, 5.74) is 7.15. The number of hydrogen-bond donors (Lipinski definition) is 1. The van der Waals surface area contributed by atoms with Gasteiger partial charge in [0.15, 0.2) is 0 Å². The van der Waals surface area contributed by atoms with Gasteiger partial charge in [0, 0.05) is 24.2 Å². The highest BCUT2D eigenvalue weighted by Crippen LogP contribution is 2.38. The van der Waals surface area contributed by atoms with Crippen LogP contribution in [0, 0.1) is 5.82 Å². The summed E-state index contributed by atoms with van der Waals surface area (Å²) in [6.07, 6.45) is 2.22. The summed E-state index contributed by atoms with van der Waals surface area (Å²) in [5, 5.41) is 0. The highest BCUT2D eigenvalue weighted by atomic mass is 19.1. The van der Waals surface area contributed by atoms with E-state index < -0.39 is 0 Å². The van der Waals surface area contributed by atoms with Crippen molar-refractivity contribution in [2.45, 2.75) is 12.3 Å². The average molecular weight is 244 g/mol. The van der Waals surface area contributed by atoms with Gasteiger partial charge in [-0.25, -0.2) is 4.39 Å². The second-order valence-corrected chi connectivity index (χ2v) is 4.34. The first-order valence-electron chi connectivity index (χ1n) is 5.90. The van der Waals surface area contributed by atoms with Gasteiger partial charge >= 0.3 is 0 Å². The van der Waals surface area contributed by atoms with Crippen molar-refractivity contribution in [3.05, 3.63) is 53.6 Å². The van der Waals surface area contributed by atoms with E-state index in [1.165, 1.54) is 6.07 Å². The first kappa shape index (κ1) is 11.2. The van der Waals surface area contributed by atoms with Gasteiger partial charge in [0.2, 0.25) is 0 Å². The fourth-order valence-electron chi connectivity index (χ4n) is 2.28. The third-order valence-corrected chi connectivity index (χ3v) is 3.22. The summed E-state index contributed by atoms with van der Waals surface area (Å²) >= 11 is 0. The molecule has 0 radical (unpaired) electrons. The number of fused-ring (bicyclic) bond motifs is 2. The van der Waals surface area contributed by atoms with E-state index in [1.54, 1.807) is 24.4 Å². The van der Waals surface area contributed by atoms with Gasteiger partial charge in [-0.15, -0.1) is 0 Å². The summed E-state index contributed by atoms with van der Waals surface area (Å²) in [6, 6.07) is 8.50. The lowest BCUT2D eigenvalue weighted by Gasteiger charge is -2.12. The molecule has 0 saturated carbocycles. The fraction of sp³-hybridized carbons (Fsp3) is 0.214. The van der Waals surface area contributed by atoms with E-state index in [0.717, 1.165) is 5.69 Å². The average Bonchev–Trinajstić information content (AvgIpc) is 2.55. The van der Waals surface area contributed by atoms with Crippen molar-refractivity contribution in [3.8, 4) is 11.5 Å². The Kier molecular flexibility index (Phi) is 2.72. The highest BCUT2D eigenvalue weighted by molar-refractivity contribution is 5.45. The summed E-state index contributed by atoms with van der Waals surface area (Å²) < 4.78 is 19.6. The molecule has 1 aliphatic heterocycles. The van der Waals surface area contributed by atoms with Crippen LogP contribution < -0.4 is 10.5 Å². The molecular weight excluding hydrogens is 231 g/mol. The van der Waals surface area contributed by atoms with Crippen molar-refractivity contribution >= 4 is 0 Å². The van der Waals surface area contributed by atoms with Gasteiger partial charge in [-0.1, -0.05) is 6.07 Å². The largest absolute Gasteiger partial charge is 0.455 e. The number of pyridine rings is 1. The summed E-state index contributed by atoms with van der Waals surface area (Å²) in [4.78, 5) is 4.32. The molecule has 2 aromatic rings. The molecule has 0 amide bonds. The summed E-state index contributed by atoms with van der Waals surface area (Å²) in [5.74, 6) is 0.954. The van der Waals surface area contributed by atoms with Crippen LogP contribution in [0.25, 0.3) is 0 Å². The number of rotatable bonds is 1. The summed E-state index contributed by atoms with van der Waals surface area (Å²) in [6.45, 7) is 0.418. The van der Waals surface area contributed by atoms with Crippen LogP contribution >= 0.6 is 0 Å².